The van der Waals surface area contributed by atoms with Crippen LogP contribution in [0.25, 0.3) is 0 Å². The summed E-state index contributed by atoms with van der Waals surface area (Å²) < 4.78 is 4.95. The van der Waals surface area contributed by atoms with Gasteiger partial charge in [-0.2, -0.15) is 4.99 Å². The summed E-state index contributed by atoms with van der Waals surface area (Å²) in [4.78, 5) is 24.3. The van der Waals surface area contributed by atoms with Crippen LogP contribution in [0.1, 0.15) is 20.8 Å². The molecule has 0 aliphatic rings. The first-order valence-corrected chi connectivity index (χ1v) is 3.90. The summed E-state index contributed by atoms with van der Waals surface area (Å²) in [5, 5.41) is 0. The topological polar surface area (TPSA) is 81.8 Å². The van der Waals surface area contributed by atoms with E-state index in [1.54, 1.807) is 20.8 Å². The van der Waals surface area contributed by atoms with Gasteiger partial charge in [0.1, 0.15) is 5.60 Å². The summed E-state index contributed by atoms with van der Waals surface area (Å²) in [7, 11) is 0. The van der Waals surface area contributed by atoms with Crippen LogP contribution in [0, 0.1) is 0 Å². The highest BCUT2D eigenvalue weighted by molar-refractivity contribution is 5.77. The smallest absolute Gasteiger partial charge is 0.333 e. The monoisotopic (exact) mass is 186 g/mol. The van der Waals surface area contributed by atoms with E-state index in [0.29, 0.717) is 0 Å². The van der Waals surface area contributed by atoms with Crippen LogP contribution in [0.15, 0.2) is 4.99 Å². The van der Waals surface area contributed by atoms with Gasteiger partial charge in [0.2, 0.25) is 6.08 Å². The summed E-state index contributed by atoms with van der Waals surface area (Å²) in [6.07, 6.45) is 1.28. The van der Waals surface area contributed by atoms with Gasteiger partial charge < -0.3 is 10.5 Å². The van der Waals surface area contributed by atoms with Gasteiger partial charge in [0, 0.05) is 6.54 Å². The van der Waals surface area contributed by atoms with Crippen LogP contribution in [-0.4, -0.2) is 30.2 Å². The van der Waals surface area contributed by atoms with Gasteiger partial charge in [-0.15, -0.1) is 0 Å². The Kier molecular flexibility index (Phi) is 4.31. The number of hydrogen-bond acceptors (Lipinski definition) is 5. The molecule has 13 heavy (non-hydrogen) atoms. The highest BCUT2D eigenvalue weighted by Gasteiger charge is 2.23. The molecule has 0 aromatic carbocycles. The predicted molar refractivity (Wildman–Crippen MR) is 46.8 cm³/mol. The van der Waals surface area contributed by atoms with Gasteiger partial charge in [-0.05, 0) is 20.8 Å². The largest absolute Gasteiger partial charge is 0.458 e. The van der Waals surface area contributed by atoms with Crippen molar-refractivity contribution < 1.29 is 14.3 Å². The van der Waals surface area contributed by atoms with Crippen molar-refractivity contribution in [3.8, 4) is 0 Å². The van der Waals surface area contributed by atoms with E-state index in [1.165, 1.54) is 6.08 Å². The van der Waals surface area contributed by atoms with E-state index < -0.39 is 17.6 Å². The second kappa shape index (κ2) is 4.74. The molecule has 1 atom stereocenters. The molecule has 0 aliphatic heterocycles. The van der Waals surface area contributed by atoms with Crippen LogP contribution in [0.2, 0.25) is 0 Å². The van der Waals surface area contributed by atoms with E-state index in [1.807, 2.05) is 0 Å². The Morgan fingerprint density at radius 2 is 2.15 bits per heavy atom. The van der Waals surface area contributed by atoms with Crippen LogP contribution < -0.4 is 5.73 Å². The van der Waals surface area contributed by atoms with Crippen LogP contribution >= 0.6 is 0 Å². The molecule has 0 saturated carbocycles. The lowest BCUT2D eigenvalue weighted by Crippen LogP contribution is -2.35. The molecule has 1 unspecified atom stereocenters. The molecule has 2 N–H and O–H groups in total. The maximum Gasteiger partial charge on any atom is 0.333 e. The first-order valence-electron chi connectivity index (χ1n) is 3.90. The minimum absolute atomic E-state index is 0.0514. The van der Waals surface area contributed by atoms with Gasteiger partial charge in [0.05, 0.1) is 0 Å². The molecular formula is C8H14N2O3. The van der Waals surface area contributed by atoms with Crippen molar-refractivity contribution in [2.45, 2.75) is 32.4 Å². The fourth-order valence-electron chi connectivity index (χ4n) is 0.635. The summed E-state index contributed by atoms with van der Waals surface area (Å²) in [6, 6.07) is -0.934. The SMILES string of the molecule is CC(C)(C)OC(=O)C(CN)N=C=O. The number of esters is 1. The van der Waals surface area contributed by atoms with E-state index in [4.69, 9.17) is 10.5 Å². The van der Waals surface area contributed by atoms with Crippen molar-refractivity contribution >= 4 is 12.0 Å². The van der Waals surface area contributed by atoms with Crippen LogP contribution in [0.4, 0.5) is 0 Å². The van der Waals surface area contributed by atoms with E-state index >= 15 is 0 Å². The first kappa shape index (κ1) is 11.8. The van der Waals surface area contributed by atoms with Crippen molar-refractivity contribution in [3.05, 3.63) is 0 Å². The Labute approximate surface area is 77.0 Å². The summed E-state index contributed by atoms with van der Waals surface area (Å²) in [5.74, 6) is -0.599. The highest BCUT2D eigenvalue weighted by atomic mass is 16.6. The molecule has 0 heterocycles. The zero-order valence-electron chi connectivity index (χ0n) is 8.03. The van der Waals surface area contributed by atoms with Crippen molar-refractivity contribution in [2.75, 3.05) is 6.54 Å². The van der Waals surface area contributed by atoms with E-state index in [-0.39, 0.29) is 6.54 Å². The quantitative estimate of drug-likeness (QED) is 0.382. The minimum Gasteiger partial charge on any atom is -0.458 e. The lowest BCUT2D eigenvalue weighted by Gasteiger charge is -2.21. The number of isocyanates is 1. The number of nitrogens with zero attached hydrogens (tertiary/aromatic N) is 1. The fraction of sp³-hybridized carbons (Fsp3) is 0.750. The predicted octanol–water partition coefficient (Wildman–Crippen LogP) is -0.00880. The number of nitrogens with two attached hydrogens (primary N) is 1. The molecule has 0 rings (SSSR count). The molecule has 0 aromatic heterocycles. The molecule has 0 aromatic rings. The molecule has 5 nitrogen and oxygen atoms in total. The van der Waals surface area contributed by atoms with Crippen LogP contribution in [-0.2, 0) is 14.3 Å². The second-order valence-electron chi connectivity index (χ2n) is 3.51. The van der Waals surface area contributed by atoms with E-state index in [2.05, 4.69) is 4.99 Å². The molecule has 0 aliphatic carbocycles. The molecule has 74 valence electrons. The average molecular weight is 186 g/mol. The second-order valence-corrected chi connectivity index (χ2v) is 3.51. The maximum atomic E-state index is 11.2. The van der Waals surface area contributed by atoms with Gasteiger partial charge in [-0.1, -0.05) is 0 Å². The molecule has 5 heteroatoms. The number of carbonyl (C=O) groups excluding carboxylic acids is 2. The first-order chi connectivity index (χ1) is 5.90. The third-order valence-corrected chi connectivity index (χ3v) is 1.11. The number of carbonyl (C=O) groups is 1. The Morgan fingerprint density at radius 3 is 2.46 bits per heavy atom. The zero-order valence-corrected chi connectivity index (χ0v) is 8.03. The molecular weight excluding hydrogens is 172 g/mol. The molecule has 0 amide bonds. The van der Waals surface area contributed by atoms with E-state index in [9.17, 15) is 9.59 Å². The fourth-order valence-corrected chi connectivity index (χ4v) is 0.635. The summed E-state index contributed by atoms with van der Waals surface area (Å²) in [6.45, 7) is 5.12. The standard InChI is InChI=1S/C8H14N2O3/c1-8(2,3)13-7(12)6(4-9)10-5-11/h6H,4,9H2,1-3H3. The summed E-state index contributed by atoms with van der Waals surface area (Å²) >= 11 is 0. The van der Waals surface area contributed by atoms with Crippen molar-refractivity contribution in [2.24, 2.45) is 10.7 Å². The highest BCUT2D eigenvalue weighted by Crippen LogP contribution is 2.08. The number of aliphatic imine (C=N–C) groups is 1. The summed E-state index contributed by atoms with van der Waals surface area (Å²) in [5.41, 5.74) is 4.61. The van der Waals surface area contributed by atoms with Crippen LogP contribution in [0.5, 0.6) is 0 Å². The van der Waals surface area contributed by atoms with Gasteiger partial charge in [0.15, 0.2) is 6.04 Å². The van der Waals surface area contributed by atoms with E-state index in [0.717, 1.165) is 0 Å². The van der Waals surface area contributed by atoms with Crippen LogP contribution in [0.3, 0.4) is 0 Å². The van der Waals surface area contributed by atoms with Gasteiger partial charge in [-0.25, -0.2) is 9.59 Å². The van der Waals surface area contributed by atoms with Gasteiger partial charge in [0.25, 0.3) is 0 Å². The third kappa shape index (κ3) is 5.11. The lowest BCUT2D eigenvalue weighted by atomic mass is 10.2. The Balaban J connectivity index is 4.31. The molecule has 0 bridgehead atoms. The average Bonchev–Trinajstić information content (AvgIpc) is 1.96. The molecule has 0 spiro atoms. The number of rotatable bonds is 3. The molecule has 0 fully saturated rings. The Hall–Kier alpha value is -1.19. The maximum absolute atomic E-state index is 11.2. The Morgan fingerprint density at radius 1 is 1.62 bits per heavy atom. The van der Waals surface area contributed by atoms with Crippen molar-refractivity contribution in [1.29, 1.82) is 0 Å². The number of hydrogen-bond donors (Lipinski definition) is 1. The van der Waals surface area contributed by atoms with Gasteiger partial charge >= 0.3 is 5.97 Å². The third-order valence-electron chi connectivity index (χ3n) is 1.11. The zero-order chi connectivity index (χ0) is 10.5. The van der Waals surface area contributed by atoms with Crippen molar-refractivity contribution in [3.63, 3.8) is 0 Å². The molecule has 0 saturated heterocycles. The van der Waals surface area contributed by atoms with Crippen molar-refractivity contribution in [1.82, 2.24) is 0 Å². The Bertz CT molecular complexity index is 226. The normalized spacial score (nSPS) is 12.9. The number of ether oxygens (including phenoxy) is 1. The molecule has 0 radical (unpaired) electrons. The minimum atomic E-state index is -0.934. The van der Waals surface area contributed by atoms with Gasteiger partial charge in [-0.3, -0.25) is 0 Å². The lowest BCUT2D eigenvalue weighted by molar-refractivity contribution is -0.156.